The third-order valence-electron chi connectivity index (χ3n) is 6.32. The second kappa shape index (κ2) is 8.98. The number of aromatic amines is 1. The highest BCUT2D eigenvalue weighted by molar-refractivity contribution is 6.15. The van der Waals surface area contributed by atoms with Crippen molar-refractivity contribution in [1.82, 2.24) is 19.8 Å². The number of nitrogens with zero attached hydrogens (tertiary/aromatic N) is 3. The first-order valence-electron chi connectivity index (χ1n) is 12.0. The summed E-state index contributed by atoms with van der Waals surface area (Å²) in [5.74, 6) is 0.433. The van der Waals surface area contributed by atoms with Crippen molar-refractivity contribution in [2.75, 3.05) is 26.2 Å². The molecule has 1 aromatic carbocycles. The summed E-state index contributed by atoms with van der Waals surface area (Å²) in [6.45, 7) is 10.1. The number of fused-ring (bicyclic) bond motifs is 2. The van der Waals surface area contributed by atoms with E-state index in [-0.39, 0.29) is 23.4 Å². The number of ketones is 1. The monoisotopic (exact) mass is 490 g/mol. The van der Waals surface area contributed by atoms with Gasteiger partial charge in [-0.2, -0.15) is 0 Å². The van der Waals surface area contributed by atoms with E-state index in [1.807, 2.05) is 39.8 Å². The number of H-pyrrole nitrogens is 1. The fraction of sp³-hybridized carbons (Fsp3) is 0.370. The van der Waals surface area contributed by atoms with E-state index >= 15 is 0 Å². The first-order valence-corrected chi connectivity index (χ1v) is 12.0. The molecule has 0 radical (unpaired) electrons. The van der Waals surface area contributed by atoms with Crippen molar-refractivity contribution in [2.24, 2.45) is 0 Å². The second-order valence-corrected chi connectivity index (χ2v) is 10.2. The number of rotatable bonds is 3. The van der Waals surface area contributed by atoms with Crippen molar-refractivity contribution in [3.8, 4) is 11.5 Å². The molecule has 0 aliphatic carbocycles. The quantitative estimate of drug-likeness (QED) is 0.529. The van der Waals surface area contributed by atoms with Crippen molar-refractivity contribution in [1.29, 1.82) is 0 Å². The van der Waals surface area contributed by atoms with Gasteiger partial charge in [-0.05, 0) is 58.0 Å². The predicted octanol–water partition coefficient (Wildman–Crippen LogP) is 4.25. The van der Waals surface area contributed by atoms with Crippen LogP contribution in [0, 0.1) is 6.92 Å². The molecule has 9 nitrogen and oxygen atoms in total. The summed E-state index contributed by atoms with van der Waals surface area (Å²) in [4.78, 5) is 36.9. The lowest BCUT2D eigenvalue weighted by Crippen LogP contribution is -2.49. The van der Waals surface area contributed by atoms with Gasteiger partial charge in [0.2, 0.25) is 5.78 Å². The smallest absolute Gasteiger partial charge is 0.410 e. The molecule has 1 saturated heterocycles. The Hall–Kier alpha value is -3.85. The summed E-state index contributed by atoms with van der Waals surface area (Å²) < 4.78 is 11.5. The molecule has 9 heteroatoms. The van der Waals surface area contributed by atoms with Gasteiger partial charge in [0, 0.05) is 55.6 Å². The van der Waals surface area contributed by atoms with Gasteiger partial charge in [-0.15, -0.1) is 0 Å². The molecule has 0 saturated carbocycles. The zero-order valence-corrected chi connectivity index (χ0v) is 20.9. The van der Waals surface area contributed by atoms with Gasteiger partial charge >= 0.3 is 6.09 Å². The van der Waals surface area contributed by atoms with Crippen LogP contribution in [0.2, 0.25) is 0 Å². The molecule has 4 heterocycles. The molecule has 2 N–H and O–H groups in total. The minimum absolute atomic E-state index is 0.0733. The molecule has 5 rings (SSSR count). The van der Waals surface area contributed by atoms with Crippen molar-refractivity contribution in [3.05, 3.63) is 58.6 Å². The lowest BCUT2D eigenvalue weighted by molar-refractivity contribution is 0.0138. The van der Waals surface area contributed by atoms with E-state index in [0.717, 1.165) is 22.3 Å². The van der Waals surface area contributed by atoms with Crippen LogP contribution in [0.1, 0.15) is 48.0 Å². The molecule has 2 aliphatic rings. The Morgan fingerprint density at radius 2 is 1.94 bits per heavy atom. The fourth-order valence-electron chi connectivity index (χ4n) is 4.47. The molecule has 188 valence electrons. The fourth-order valence-corrected chi connectivity index (χ4v) is 4.47. The number of carbonyl (C=O) groups is 2. The Morgan fingerprint density at radius 3 is 2.67 bits per heavy atom. The first-order chi connectivity index (χ1) is 17.1. The van der Waals surface area contributed by atoms with Crippen LogP contribution in [0.5, 0.6) is 11.5 Å². The Balaban J connectivity index is 1.33. The number of nitrogens with one attached hydrogen (secondary N) is 1. The second-order valence-electron chi connectivity index (χ2n) is 10.2. The van der Waals surface area contributed by atoms with E-state index < -0.39 is 5.60 Å². The van der Waals surface area contributed by atoms with Crippen LogP contribution in [0.3, 0.4) is 0 Å². The molecule has 1 fully saturated rings. The van der Waals surface area contributed by atoms with Crippen LogP contribution in [-0.4, -0.2) is 68.5 Å². The standard InChI is InChI=1S/C27H30N4O5/c1-16-5-6-18-17(14-28-25(18)29-16)13-22-23(33)19-7-8-21(32)20(24(19)35-22)15-30-9-11-31(12-10-30)26(34)36-27(2,3)4/h5-8,13-14,32H,9-12,15H2,1-4H3,(H,28,29)/b22-13-. The summed E-state index contributed by atoms with van der Waals surface area (Å²) in [5, 5.41) is 11.5. The molecule has 0 unspecified atom stereocenters. The number of benzene rings is 1. The zero-order chi connectivity index (χ0) is 25.6. The van der Waals surface area contributed by atoms with Gasteiger partial charge in [0.25, 0.3) is 0 Å². The van der Waals surface area contributed by atoms with Crippen molar-refractivity contribution < 1.29 is 24.2 Å². The van der Waals surface area contributed by atoms with E-state index in [1.165, 1.54) is 6.07 Å². The topological polar surface area (TPSA) is 108 Å². The van der Waals surface area contributed by atoms with Crippen molar-refractivity contribution in [3.63, 3.8) is 0 Å². The molecule has 3 aromatic rings. The third kappa shape index (κ3) is 4.66. The van der Waals surface area contributed by atoms with Gasteiger partial charge in [-0.1, -0.05) is 0 Å². The number of ether oxygens (including phenoxy) is 2. The lowest BCUT2D eigenvalue weighted by Gasteiger charge is -2.35. The molecule has 0 bridgehead atoms. The lowest BCUT2D eigenvalue weighted by atomic mass is 10.0. The molecular weight excluding hydrogens is 460 g/mol. The van der Waals surface area contributed by atoms with E-state index in [9.17, 15) is 14.7 Å². The van der Waals surface area contributed by atoms with Gasteiger partial charge in [0.05, 0.1) is 11.1 Å². The molecule has 1 amide bonds. The number of phenolic OH excluding ortho intramolecular Hbond substituents is 1. The number of amides is 1. The highest BCUT2D eigenvalue weighted by Crippen LogP contribution is 2.40. The van der Waals surface area contributed by atoms with Gasteiger partial charge in [0.15, 0.2) is 5.76 Å². The largest absolute Gasteiger partial charge is 0.507 e. The average molecular weight is 491 g/mol. The molecular formula is C27H30N4O5. The SMILES string of the molecule is Cc1ccc2c(/C=C3\Oc4c(ccc(O)c4CN4CCN(C(=O)OC(C)(C)C)CC4)C3=O)c[nH]c2n1. The summed E-state index contributed by atoms with van der Waals surface area (Å²) in [7, 11) is 0. The molecule has 2 aliphatic heterocycles. The first kappa shape index (κ1) is 23.9. The summed E-state index contributed by atoms with van der Waals surface area (Å²) in [6.07, 6.45) is 3.18. The molecule has 0 atom stereocenters. The Kier molecular flexibility index (Phi) is 5.96. The Bertz CT molecular complexity index is 1380. The summed E-state index contributed by atoms with van der Waals surface area (Å²) in [5.41, 5.74) is 2.89. The maximum atomic E-state index is 13.1. The highest BCUT2D eigenvalue weighted by Gasteiger charge is 2.33. The summed E-state index contributed by atoms with van der Waals surface area (Å²) in [6, 6.07) is 7.01. The number of hydrogen-bond acceptors (Lipinski definition) is 7. The minimum atomic E-state index is -0.540. The van der Waals surface area contributed by atoms with E-state index in [2.05, 4.69) is 14.9 Å². The predicted molar refractivity (Wildman–Crippen MR) is 135 cm³/mol. The number of phenols is 1. The number of Topliss-reactive ketones (excluding diaryl/α,β-unsaturated/α-hetero) is 1. The number of aromatic hydroxyl groups is 1. The number of piperazine rings is 1. The van der Waals surface area contributed by atoms with Gasteiger partial charge in [0.1, 0.15) is 22.7 Å². The summed E-state index contributed by atoms with van der Waals surface area (Å²) >= 11 is 0. The molecule has 2 aromatic heterocycles. The molecule has 36 heavy (non-hydrogen) atoms. The Morgan fingerprint density at radius 1 is 1.19 bits per heavy atom. The van der Waals surface area contributed by atoms with Crippen molar-refractivity contribution in [2.45, 2.75) is 39.8 Å². The maximum absolute atomic E-state index is 13.1. The normalized spacial score (nSPS) is 17.5. The van der Waals surface area contributed by atoms with E-state index in [1.54, 1.807) is 23.2 Å². The maximum Gasteiger partial charge on any atom is 0.410 e. The number of carbonyl (C=O) groups excluding carboxylic acids is 2. The number of aryl methyl sites for hydroxylation is 1. The number of pyridine rings is 1. The van der Waals surface area contributed by atoms with Crippen LogP contribution in [0.15, 0.2) is 36.2 Å². The highest BCUT2D eigenvalue weighted by atomic mass is 16.6. The van der Waals surface area contributed by atoms with Gasteiger partial charge in [-0.25, -0.2) is 9.78 Å². The average Bonchev–Trinajstić information content (AvgIpc) is 3.35. The van der Waals surface area contributed by atoms with E-state index in [0.29, 0.717) is 49.6 Å². The molecule has 0 spiro atoms. The third-order valence-corrected chi connectivity index (χ3v) is 6.32. The number of hydrogen-bond donors (Lipinski definition) is 2. The number of allylic oxidation sites excluding steroid dienone is 1. The number of aromatic nitrogens is 2. The van der Waals surface area contributed by atoms with Crippen LogP contribution < -0.4 is 4.74 Å². The van der Waals surface area contributed by atoms with Crippen LogP contribution >= 0.6 is 0 Å². The zero-order valence-electron chi connectivity index (χ0n) is 20.9. The van der Waals surface area contributed by atoms with Gasteiger partial charge < -0.3 is 24.5 Å². The van der Waals surface area contributed by atoms with Crippen LogP contribution in [0.4, 0.5) is 4.79 Å². The van der Waals surface area contributed by atoms with Crippen LogP contribution in [0.25, 0.3) is 17.1 Å². The minimum Gasteiger partial charge on any atom is -0.507 e. The van der Waals surface area contributed by atoms with Crippen LogP contribution in [-0.2, 0) is 11.3 Å². The Labute approximate surface area is 209 Å². The van der Waals surface area contributed by atoms with E-state index in [4.69, 9.17) is 9.47 Å². The van der Waals surface area contributed by atoms with Gasteiger partial charge in [-0.3, -0.25) is 9.69 Å². The van der Waals surface area contributed by atoms with Crippen molar-refractivity contribution >= 4 is 29.0 Å².